The van der Waals surface area contributed by atoms with Crippen molar-refractivity contribution >= 4 is 21.9 Å². The number of hydrogen-bond acceptors (Lipinski definition) is 4. The third-order valence-corrected chi connectivity index (χ3v) is 5.69. The van der Waals surface area contributed by atoms with Gasteiger partial charge in [0.2, 0.25) is 0 Å². The van der Waals surface area contributed by atoms with Crippen LogP contribution >= 0.6 is 15.9 Å². The maximum absolute atomic E-state index is 13.7. The maximum atomic E-state index is 13.7. The molecule has 0 unspecified atom stereocenters. The summed E-state index contributed by atoms with van der Waals surface area (Å²) in [6.07, 6.45) is 1.78. The van der Waals surface area contributed by atoms with E-state index in [1.165, 1.54) is 13.2 Å². The quantitative estimate of drug-likeness (QED) is 0.672. The normalized spacial score (nSPS) is 20.3. The Morgan fingerprint density at radius 2 is 2.15 bits per heavy atom. The van der Waals surface area contributed by atoms with E-state index in [-0.39, 0.29) is 23.8 Å². The first-order valence-electron chi connectivity index (χ1n) is 8.53. The largest absolute Gasteiger partial charge is 0.492 e. The number of ether oxygens (including phenoxy) is 3. The number of esters is 1. The van der Waals surface area contributed by atoms with Crippen molar-refractivity contribution in [2.75, 3.05) is 13.7 Å². The van der Waals surface area contributed by atoms with Crippen LogP contribution in [0.5, 0.6) is 11.5 Å². The molecule has 0 aromatic heterocycles. The minimum atomic E-state index is -0.269. The van der Waals surface area contributed by atoms with E-state index < -0.39 is 0 Å². The molecule has 0 spiro atoms. The van der Waals surface area contributed by atoms with Gasteiger partial charge in [0.05, 0.1) is 20.1 Å². The van der Waals surface area contributed by atoms with Gasteiger partial charge in [-0.3, -0.25) is 4.79 Å². The van der Waals surface area contributed by atoms with Crippen molar-refractivity contribution in [3.63, 3.8) is 0 Å². The number of carbonyl (C=O) groups excluding carboxylic acids is 1. The van der Waals surface area contributed by atoms with Crippen molar-refractivity contribution in [2.24, 2.45) is 0 Å². The van der Waals surface area contributed by atoms with Crippen LogP contribution in [0, 0.1) is 5.82 Å². The summed E-state index contributed by atoms with van der Waals surface area (Å²) in [4.78, 5) is 11.5. The molecule has 0 saturated carbocycles. The molecule has 1 aliphatic carbocycles. The number of rotatable bonds is 4. The second kappa shape index (κ2) is 6.91. The SMILES string of the molecule is COC(=O)C[C@@H]1COc2cc(O[C@@H]3CCc4c(Br)cc(F)cc43)ccc21. The van der Waals surface area contributed by atoms with Crippen molar-refractivity contribution in [1.29, 1.82) is 0 Å². The van der Waals surface area contributed by atoms with Gasteiger partial charge < -0.3 is 14.2 Å². The van der Waals surface area contributed by atoms with Gasteiger partial charge >= 0.3 is 5.97 Å². The van der Waals surface area contributed by atoms with Crippen LogP contribution in [0.4, 0.5) is 4.39 Å². The first kappa shape index (κ1) is 17.3. The van der Waals surface area contributed by atoms with E-state index in [1.54, 1.807) is 6.07 Å². The van der Waals surface area contributed by atoms with Gasteiger partial charge in [0.25, 0.3) is 0 Å². The van der Waals surface area contributed by atoms with Crippen LogP contribution in [0.3, 0.4) is 0 Å². The van der Waals surface area contributed by atoms with E-state index in [0.717, 1.165) is 39.8 Å². The van der Waals surface area contributed by atoms with Crippen molar-refractivity contribution in [1.82, 2.24) is 0 Å². The molecular formula is C20H18BrFO4. The Morgan fingerprint density at radius 3 is 2.96 bits per heavy atom. The van der Waals surface area contributed by atoms with Crippen LogP contribution in [0.15, 0.2) is 34.8 Å². The van der Waals surface area contributed by atoms with Crippen LogP contribution in [0.25, 0.3) is 0 Å². The molecule has 0 amide bonds. The van der Waals surface area contributed by atoms with Crippen LogP contribution in [0.1, 0.15) is 41.6 Å². The summed E-state index contributed by atoms with van der Waals surface area (Å²) in [6.45, 7) is 0.457. The predicted molar refractivity (Wildman–Crippen MR) is 97.1 cm³/mol. The number of benzene rings is 2. The molecular weight excluding hydrogens is 403 g/mol. The zero-order chi connectivity index (χ0) is 18.3. The fourth-order valence-corrected chi connectivity index (χ4v) is 4.32. The second-order valence-corrected chi connectivity index (χ2v) is 7.44. The lowest BCUT2D eigenvalue weighted by Gasteiger charge is -2.16. The molecule has 2 aliphatic rings. The number of halogens is 2. The Balaban J connectivity index is 1.53. The number of carbonyl (C=O) groups is 1. The molecule has 4 rings (SSSR count). The van der Waals surface area contributed by atoms with E-state index in [4.69, 9.17) is 14.2 Å². The lowest BCUT2D eigenvalue weighted by atomic mass is 9.98. The van der Waals surface area contributed by atoms with Crippen molar-refractivity contribution < 1.29 is 23.4 Å². The number of fused-ring (bicyclic) bond motifs is 2. The van der Waals surface area contributed by atoms with Gasteiger partial charge in [0.15, 0.2) is 0 Å². The summed E-state index contributed by atoms with van der Waals surface area (Å²) in [5.74, 6) is 0.899. The molecule has 0 saturated heterocycles. The maximum Gasteiger partial charge on any atom is 0.306 e. The lowest BCUT2D eigenvalue weighted by molar-refractivity contribution is -0.141. The second-order valence-electron chi connectivity index (χ2n) is 6.59. The fraction of sp³-hybridized carbons (Fsp3) is 0.350. The highest BCUT2D eigenvalue weighted by Gasteiger charge is 2.29. The van der Waals surface area contributed by atoms with Gasteiger partial charge in [-0.15, -0.1) is 0 Å². The third-order valence-electron chi connectivity index (χ3n) is 4.98. The molecule has 2 aromatic carbocycles. The Morgan fingerprint density at radius 1 is 1.31 bits per heavy atom. The van der Waals surface area contributed by atoms with Crippen molar-refractivity contribution in [3.05, 3.63) is 57.3 Å². The molecule has 2 aromatic rings. The number of hydrogen-bond donors (Lipinski definition) is 0. The Bertz CT molecular complexity index is 867. The third kappa shape index (κ3) is 3.18. The summed E-state index contributed by atoms with van der Waals surface area (Å²) in [6, 6.07) is 8.70. The highest BCUT2D eigenvalue weighted by Crippen LogP contribution is 2.42. The molecule has 1 aliphatic heterocycles. The molecule has 0 fully saturated rings. The minimum Gasteiger partial charge on any atom is -0.492 e. The number of methoxy groups -OCH3 is 1. The van der Waals surface area contributed by atoms with Gasteiger partial charge in [-0.05, 0) is 42.2 Å². The Labute approximate surface area is 159 Å². The topological polar surface area (TPSA) is 44.8 Å². The van der Waals surface area contributed by atoms with Gasteiger partial charge in [-0.1, -0.05) is 22.0 Å². The van der Waals surface area contributed by atoms with Crippen LogP contribution in [-0.2, 0) is 16.0 Å². The molecule has 6 heteroatoms. The molecule has 0 radical (unpaired) electrons. The van der Waals surface area contributed by atoms with Crippen LogP contribution in [0.2, 0.25) is 0 Å². The molecule has 0 N–H and O–H groups in total. The van der Waals surface area contributed by atoms with Crippen molar-refractivity contribution in [3.8, 4) is 11.5 Å². The molecule has 2 atom stereocenters. The predicted octanol–water partition coefficient (Wildman–Crippen LogP) is 4.69. The average Bonchev–Trinajstić information content (AvgIpc) is 3.19. The van der Waals surface area contributed by atoms with Gasteiger partial charge in [-0.25, -0.2) is 4.39 Å². The molecule has 4 nitrogen and oxygen atoms in total. The average molecular weight is 421 g/mol. The first-order valence-corrected chi connectivity index (χ1v) is 9.32. The summed E-state index contributed by atoms with van der Waals surface area (Å²) in [7, 11) is 1.39. The zero-order valence-corrected chi connectivity index (χ0v) is 15.8. The highest BCUT2D eigenvalue weighted by molar-refractivity contribution is 9.10. The van der Waals surface area contributed by atoms with E-state index in [1.807, 2.05) is 18.2 Å². The van der Waals surface area contributed by atoms with Crippen molar-refractivity contribution in [2.45, 2.75) is 31.3 Å². The first-order chi connectivity index (χ1) is 12.5. The monoisotopic (exact) mass is 420 g/mol. The van der Waals surface area contributed by atoms with Gasteiger partial charge in [0, 0.05) is 22.0 Å². The highest BCUT2D eigenvalue weighted by atomic mass is 79.9. The summed E-state index contributed by atoms with van der Waals surface area (Å²) in [5.41, 5.74) is 2.98. The molecule has 26 heavy (non-hydrogen) atoms. The minimum absolute atomic E-state index is 0.00348. The summed E-state index contributed by atoms with van der Waals surface area (Å²) < 4.78 is 31.1. The zero-order valence-electron chi connectivity index (χ0n) is 14.3. The molecule has 136 valence electrons. The van der Waals surface area contributed by atoms with E-state index in [2.05, 4.69) is 15.9 Å². The van der Waals surface area contributed by atoms with Gasteiger partial charge in [0.1, 0.15) is 23.4 Å². The summed E-state index contributed by atoms with van der Waals surface area (Å²) >= 11 is 3.43. The van der Waals surface area contributed by atoms with Gasteiger partial charge in [-0.2, -0.15) is 0 Å². The van der Waals surface area contributed by atoms with E-state index in [9.17, 15) is 9.18 Å². The fourth-order valence-electron chi connectivity index (χ4n) is 3.68. The van der Waals surface area contributed by atoms with E-state index in [0.29, 0.717) is 18.8 Å². The standard InChI is InChI=1S/C20H18BrFO4/c1-24-20(23)6-11-10-25-19-9-13(2-3-14(11)19)26-18-5-4-15-16(18)7-12(22)8-17(15)21/h2-3,7-9,11,18H,4-6,10H2,1H3/t11-,18-/m1/s1. The van der Waals surface area contributed by atoms with E-state index >= 15 is 0 Å². The molecule has 1 heterocycles. The van der Waals surface area contributed by atoms with Crippen LogP contribution < -0.4 is 9.47 Å². The molecule has 0 bridgehead atoms. The lowest BCUT2D eigenvalue weighted by Crippen LogP contribution is -2.09. The summed E-state index contributed by atoms with van der Waals surface area (Å²) in [5, 5.41) is 0. The Kier molecular flexibility index (Phi) is 4.61. The Hall–Kier alpha value is -2.08. The van der Waals surface area contributed by atoms with Crippen LogP contribution in [-0.4, -0.2) is 19.7 Å². The smallest absolute Gasteiger partial charge is 0.306 e.